The fourth-order valence-electron chi connectivity index (χ4n) is 3.24. The molecule has 1 aliphatic rings. The topological polar surface area (TPSA) is 54.3 Å². The van der Waals surface area contributed by atoms with E-state index in [0.29, 0.717) is 22.3 Å². The van der Waals surface area contributed by atoms with E-state index in [-0.39, 0.29) is 18.4 Å². The van der Waals surface area contributed by atoms with Crippen molar-refractivity contribution in [1.82, 2.24) is 14.8 Å². The van der Waals surface area contributed by atoms with Crippen molar-refractivity contribution in [1.29, 1.82) is 0 Å². The number of nitrogens with zero attached hydrogens (tertiary/aromatic N) is 2. The van der Waals surface area contributed by atoms with E-state index in [4.69, 9.17) is 12.2 Å². The molecule has 0 saturated carbocycles. The molecule has 148 valence electrons. The predicted octanol–water partition coefficient (Wildman–Crippen LogP) is 4.24. The highest BCUT2D eigenvalue weighted by molar-refractivity contribution is 8.26. The molecule has 29 heavy (non-hydrogen) atoms. The van der Waals surface area contributed by atoms with Gasteiger partial charge in [-0.2, -0.15) is 0 Å². The maximum atomic E-state index is 12.5. The van der Waals surface area contributed by atoms with Crippen molar-refractivity contribution < 1.29 is 9.59 Å². The number of para-hydroxylation sites is 1. The average molecular weight is 442 g/mol. The number of nitrogens with one attached hydrogen (secondary N) is 1. The zero-order valence-corrected chi connectivity index (χ0v) is 18.2. The number of carbonyl (C=O) groups is 2. The Hall–Kier alpha value is -2.42. The van der Waals surface area contributed by atoms with E-state index < -0.39 is 0 Å². The van der Waals surface area contributed by atoms with E-state index in [2.05, 4.69) is 5.32 Å². The number of likely N-dealkylation sites (N-methyl/N-ethyl adjacent to an activating group) is 1. The lowest BCUT2D eigenvalue weighted by Gasteiger charge is -2.09. The van der Waals surface area contributed by atoms with Gasteiger partial charge in [-0.15, -0.1) is 11.3 Å². The van der Waals surface area contributed by atoms with Gasteiger partial charge in [0.05, 0.1) is 11.4 Å². The number of thiophene rings is 1. The number of aromatic nitrogens is 1. The number of thioether (sulfide) groups is 1. The first-order valence-corrected chi connectivity index (χ1v) is 11.3. The summed E-state index contributed by atoms with van der Waals surface area (Å²) in [6, 6.07) is 11.9. The number of fused-ring (bicyclic) bond motifs is 1. The van der Waals surface area contributed by atoms with Crippen molar-refractivity contribution in [2.75, 3.05) is 6.54 Å². The first-order valence-electron chi connectivity index (χ1n) is 9.19. The maximum Gasteiger partial charge on any atom is 0.266 e. The van der Waals surface area contributed by atoms with Gasteiger partial charge in [-0.3, -0.25) is 14.5 Å². The van der Waals surface area contributed by atoms with Crippen LogP contribution in [0.25, 0.3) is 17.0 Å². The van der Waals surface area contributed by atoms with Crippen LogP contribution in [0.1, 0.15) is 17.4 Å². The standard InChI is InChI=1S/C21H19N3O2S3/c1-2-24-20(26)18(29-21(24)27)10-14-12-23(17-8-4-3-7-16(14)17)13-19(25)22-11-15-6-5-9-28-15/h3-10,12H,2,11,13H2,1H3,(H,22,25)/b18-10-. The van der Waals surface area contributed by atoms with Gasteiger partial charge in [0, 0.05) is 34.1 Å². The molecule has 0 unspecified atom stereocenters. The monoisotopic (exact) mass is 441 g/mol. The van der Waals surface area contributed by atoms with Gasteiger partial charge < -0.3 is 9.88 Å². The van der Waals surface area contributed by atoms with E-state index >= 15 is 0 Å². The molecule has 1 N–H and O–H groups in total. The lowest BCUT2D eigenvalue weighted by atomic mass is 10.1. The lowest BCUT2D eigenvalue weighted by Crippen LogP contribution is -2.27. The summed E-state index contributed by atoms with van der Waals surface area (Å²) in [5.74, 6) is -0.115. The van der Waals surface area contributed by atoms with Crippen LogP contribution in [-0.4, -0.2) is 32.1 Å². The summed E-state index contributed by atoms with van der Waals surface area (Å²) < 4.78 is 2.51. The molecule has 2 aromatic heterocycles. The van der Waals surface area contributed by atoms with Crippen molar-refractivity contribution in [2.45, 2.75) is 20.0 Å². The molecule has 1 fully saturated rings. The van der Waals surface area contributed by atoms with Crippen molar-refractivity contribution in [3.8, 4) is 0 Å². The zero-order valence-electron chi connectivity index (χ0n) is 15.8. The highest BCUT2D eigenvalue weighted by Gasteiger charge is 2.30. The molecular weight excluding hydrogens is 422 g/mol. The molecule has 3 aromatic rings. The van der Waals surface area contributed by atoms with Crippen molar-refractivity contribution in [3.63, 3.8) is 0 Å². The van der Waals surface area contributed by atoms with Gasteiger partial charge >= 0.3 is 0 Å². The van der Waals surface area contributed by atoms with Crippen LogP contribution < -0.4 is 5.32 Å². The zero-order chi connectivity index (χ0) is 20.4. The van der Waals surface area contributed by atoms with E-state index in [1.807, 2.05) is 65.5 Å². The molecule has 3 heterocycles. The maximum absolute atomic E-state index is 12.5. The molecule has 5 nitrogen and oxygen atoms in total. The van der Waals surface area contributed by atoms with Crippen molar-refractivity contribution >= 4 is 68.4 Å². The van der Waals surface area contributed by atoms with Crippen LogP contribution in [0.15, 0.2) is 52.9 Å². The Kier molecular flexibility index (Phi) is 5.84. The Labute approximate surface area is 182 Å². The largest absolute Gasteiger partial charge is 0.350 e. The van der Waals surface area contributed by atoms with Crippen LogP contribution in [0.3, 0.4) is 0 Å². The molecule has 0 spiro atoms. The Morgan fingerprint density at radius 2 is 2.07 bits per heavy atom. The number of carbonyl (C=O) groups excluding carboxylic acids is 2. The highest BCUT2D eigenvalue weighted by atomic mass is 32.2. The van der Waals surface area contributed by atoms with Crippen LogP contribution in [0, 0.1) is 0 Å². The summed E-state index contributed by atoms with van der Waals surface area (Å²) in [5.41, 5.74) is 1.86. The molecule has 8 heteroatoms. The first kappa shape index (κ1) is 19.9. The molecule has 1 saturated heterocycles. The van der Waals surface area contributed by atoms with Gasteiger partial charge in [0.15, 0.2) is 0 Å². The SMILES string of the molecule is CCN1C(=O)/C(=C/c2cn(CC(=O)NCc3cccs3)c3ccccc23)SC1=S. The van der Waals surface area contributed by atoms with Crippen LogP contribution in [0.5, 0.6) is 0 Å². The lowest BCUT2D eigenvalue weighted by molar-refractivity contribution is -0.122. The number of hydrogen-bond acceptors (Lipinski definition) is 5. The first-order chi connectivity index (χ1) is 14.1. The summed E-state index contributed by atoms with van der Waals surface area (Å²) in [4.78, 5) is 28.3. The highest BCUT2D eigenvalue weighted by Crippen LogP contribution is 2.34. The molecule has 1 aromatic carbocycles. The third-order valence-electron chi connectivity index (χ3n) is 4.65. The van der Waals surface area contributed by atoms with Gasteiger partial charge in [-0.1, -0.05) is 48.2 Å². The summed E-state index contributed by atoms with van der Waals surface area (Å²) in [5, 5.41) is 5.95. The van der Waals surface area contributed by atoms with Crippen molar-refractivity contribution in [2.24, 2.45) is 0 Å². The molecule has 1 aliphatic heterocycles. The van der Waals surface area contributed by atoms with E-state index in [9.17, 15) is 9.59 Å². The molecule has 0 atom stereocenters. The van der Waals surface area contributed by atoms with Gasteiger partial charge in [0.25, 0.3) is 5.91 Å². The third-order valence-corrected chi connectivity index (χ3v) is 6.90. The Morgan fingerprint density at radius 3 is 2.79 bits per heavy atom. The minimum absolute atomic E-state index is 0.0528. The van der Waals surface area contributed by atoms with E-state index in [1.54, 1.807) is 16.2 Å². The number of amides is 2. The minimum Gasteiger partial charge on any atom is -0.350 e. The minimum atomic E-state index is -0.0620. The summed E-state index contributed by atoms with van der Waals surface area (Å²) in [7, 11) is 0. The molecule has 0 radical (unpaired) electrons. The van der Waals surface area contributed by atoms with Crippen LogP contribution in [-0.2, 0) is 22.7 Å². The average Bonchev–Trinajstić information content (AvgIpc) is 3.41. The van der Waals surface area contributed by atoms with Gasteiger partial charge in [-0.05, 0) is 30.5 Å². The van der Waals surface area contributed by atoms with E-state index in [1.165, 1.54) is 11.8 Å². The van der Waals surface area contributed by atoms with Gasteiger partial charge in [0.1, 0.15) is 10.9 Å². The number of rotatable bonds is 6. The fraction of sp³-hybridized carbons (Fsp3) is 0.190. The molecule has 4 rings (SSSR count). The van der Waals surface area contributed by atoms with Gasteiger partial charge in [-0.25, -0.2) is 0 Å². The number of benzene rings is 1. The summed E-state index contributed by atoms with van der Waals surface area (Å²) in [6.07, 6.45) is 3.80. The Balaban J connectivity index is 1.59. The molecule has 0 aliphatic carbocycles. The summed E-state index contributed by atoms with van der Waals surface area (Å²) >= 11 is 8.24. The van der Waals surface area contributed by atoms with Crippen LogP contribution >= 0.6 is 35.3 Å². The smallest absolute Gasteiger partial charge is 0.266 e. The van der Waals surface area contributed by atoms with E-state index in [0.717, 1.165) is 21.3 Å². The molecule has 0 bridgehead atoms. The second kappa shape index (κ2) is 8.52. The third kappa shape index (κ3) is 4.14. The second-order valence-electron chi connectivity index (χ2n) is 6.51. The Morgan fingerprint density at radius 1 is 1.24 bits per heavy atom. The fourth-order valence-corrected chi connectivity index (χ4v) is 5.26. The second-order valence-corrected chi connectivity index (χ2v) is 9.22. The van der Waals surface area contributed by atoms with Crippen molar-refractivity contribution in [3.05, 3.63) is 63.3 Å². The normalized spacial score (nSPS) is 15.6. The van der Waals surface area contributed by atoms with Crippen LogP contribution in [0.2, 0.25) is 0 Å². The van der Waals surface area contributed by atoms with Gasteiger partial charge in [0.2, 0.25) is 5.91 Å². The molecular formula is C21H19N3O2S3. The van der Waals surface area contributed by atoms with Crippen LogP contribution in [0.4, 0.5) is 0 Å². The molecule has 2 amide bonds. The predicted molar refractivity (Wildman–Crippen MR) is 124 cm³/mol. The quantitative estimate of drug-likeness (QED) is 0.459. The Bertz CT molecular complexity index is 1120. The summed E-state index contributed by atoms with van der Waals surface area (Å²) in [6.45, 7) is 3.22. The number of hydrogen-bond donors (Lipinski definition) is 1. The number of thiocarbonyl (C=S) groups is 1.